The molecule has 0 aromatic carbocycles. The number of carbonyl (C=O) groups excluding carboxylic acids is 1. The van der Waals surface area contributed by atoms with E-state index < -0.39 is 24.0 Å². The Labute approximate surface area is 87.1 Å². The molecule has 0 spiro atoms. The van der Waals surface area contributed by atoms with E-state index >= 15 is 0 Å². The van der Waals surface area contributed by atoms with E-state index in [4.69, 9.17) is 4.74 Å². The highest BCUT2D eigenvalue weighted by atomic mass is 16.7. The van der Waals surface area contributed by atoms with Gasteiger partial charge in [-0.1, -0.05) is 0 Å². The Bertz CT molecular complexity index is 235. The average Bonchev–Trinajstić information content (AvgIpc) is 2.15. The number of hydrogen-bond donors (Lipinski definition) is 4. The largest absolute Gasteiger partial charge is 0.391 e. The van der Waals surface area contributed by atoms with Crippen molar-refractivity contribution < 1.29 is 24.6 Å². The van der Waals surface area contributed by atoms with E-state index in [-0.39, 0.29) is 12.5 Å². The molecule has 1 saturated heterocycles. The van der Waals surface area contributed by atoms with E-state index in [1.165, 1.54) is 0 Å². The van der Waals surface area contributed by atoms with E-state index in [0.29, 0.717) is 0 Å². The van der Waals surface area contributed by atoms with Crippen LogP contribution in [0.5, 0.6) is 0 Å². The van der Waals surface area contributed by atoms with Crippen LogP contribution in [0.15, 0.2) is 0 Å². The summed E-state index contributed by atoms with van der Waals surface area (Å²) >= 11 is 0. The number of hydrogen-bond acceptors (Lipinski definition) is 7. The number of rotatable bonds is 2. The summed E-state index contributed by atoms with van der Waals surface area (Å²) in [7, 11) is 1.65. The van der Waals surface area contributed by atoms with E-state index in [9.17, 15) is 15.0 Å². The van der Waals surface area contributed by atoms with Crippen molar-refractivity contribution in [1.82, 2.24) is 5.32 Å². The molecule has 1 rings (SSSR count). The van der Waals surface area contributed by atoms with Crippen molar-refractivity contribution in [2.24, 2.45) is 5.90 Å². The third kappa shape index (κ3) is 2.27. The lowest BCUT2D eigenvalue weighted by molar-refractivity contribution is -0.276. The van der Waals surface area contributed by atoms with Crippen molar-refractivity contribution >= 4 is 5.97 Å². The molecule has 1 aliphatic heterocycles. The summed E-state index contributed by atoms with van der Waals surface area (Å²) in [5.74, 6) is 1.39. The van der Waals surface area contributed by atoms with Crippen LogP contribution in [0, 0.1) is 0 Å². The molecule has 0 bridgehead atoms. The second-order valence-electron chi connectivity index (χ2n) is 3.60. The second kappa shape index (κ2) is 4.42. The Morgan fingerprint density at radius 2 is 2.33 bits per heavy atom. The molecular weight excluding hydrogens is 204 g/mol. The minimum atomic E-state index is -2.17. The first-order valence-electron chi connectivity index (χ1n) is 4.61. The SMILES string of the molecule is CNC1C(O)CC(O)(C(=O)ON)OC1C. The lowest BCUT2D eigenvalue weighted by Gasteiger charge is -2.41. The Hall–Kier alpha value is -0.730. The lowest BCUT2D eigenvalue weighted by Crippen LogP contribution is -2.61. The van der Waals surface area contributed by atoms with E-state index in [2.05, 4.69) is 16.1 Å². The Morgan fingerprint density at radius 3 is 2.73 bits per heavy atom. The summed E-state index contributed by atoms with van der Waals surface area (Å²) < 4.78 is 5.08. The number of carbonyl (C=O) groups is 1. The van der Waals surface area contributed by atoms with Gasteiger partial charge >= 0.3 is 5.97 Å². The topological polar surface area (TPSA) is 114 Å². The van der Waals surface area contributed by atoms with Crippen LogP contribution in [0.25, 0.3) is 0 Å². The Balaban J connectivity index is 2.79. The van der Waals surface area contributed by atoms with Crippen LogP contribution in [0.4, 0.5) is 0 Å². The number of nitrogens with one attached hydrogen (secondary N) is 1. The van der Waals surface area contributed by atoms with Crippen LogP contribution in [-0.4, -0.2) is 47.3 Å². The number of likely N-dealkylation sites (N-methyl/N-ethyl adjacent to an activating group) is 1. The number of ether oxygens (including phenoxy) is 1. The minimum Gasteiger partial charge on any atom is -0.391 e. The van der Waals surface area contributed by atoms with Gasteiger partial charge in [-0.3, -0.25) is 0 Å². The zero-order chi connectivity index (χ0) is 11.6. The van der Waals surface area contributed by atoms with Crippen molar-refractivity contribution in [2.75, 3.05) is 7.05 Å². The average molecular weight is 220 g/mol. The van der Waals surface area contributed by atoms with Crippen LogP contribution in [-0.2, 0) is 14.4 Å². The molecule has 7 heteroatoms. The molecule has 4 unspecified atom stereocenters. The van der Waals surface area contributed by atoms with Gasteiger partial charge in [0, 0.05) is 6.42 Å². The fraction of sp³-hybridized carbons (Fsp3) is 0.875. The van der Waals surface area contributed by atoms with Gasteiger partial charge in [0.05, 0.1) is 18.2 Å². The number of aliphatic hydroxyl groups excluding tert-OH is 1. The normalized spacial score (nSPS) is 41.3. The highest BCUT2D eigenvalue weighted by Crippen LogP contribution is 2.27. The minimum absolute atomic E-state index is 0.279. The molecule has 0 radical (unpaired) electrons. The Morgan fingerprint density at radius 1 is 1.73 bits per heavy atom. The zero-order valence-electron chi connectivity index (χ0n) is 8.64. The number of aliphatic hydroxyl groups is 2. The van der Waals surface area contributed by atoms with Gasteiger partial charge in [0.15, 0.2) is 0 Å². The summed E-state index contributed by atoms with van der Waals surface area (Å²) in [5, 5.41) is 22.2. The third-order valence-electron chi connectivity index (χ3n) is 2.55. The van der Waals surface area contributed by atoms with Crippen molar-refractivity contribution in [2.45, 2.75) is 37.4 Å². The molecule has 0 saturated carbocycles. The van der Waals surface area contributed by atoms with Gasteiger partial charge in [0.25, 0.3) is 5.79 Å². The molecule has 1 fully saturated rings. The molecule has 88 valence electrons. The maximum Gasteiger partial charge on any atom is 0.385 e. The molecule has 1 heterocycles. The molecule has 15 heavy (non-hydrogen) atoms. The van der Waals surface area contributed by atoms with Crippen molar-refractivity contribution in [3.05, 3.63) is 0 Å². The first-order valence-corrected chi connectivity index (χ1v) is 4.61. The van der Waals surface area contributed by atoms with Crippen LogP contribution in [0.1, 0.15) is 13.3 Å². The van der Waals surface area contributed by atoms with Gasteiger partial charge in [-0.25, -0.2) is 4.79 Å². The monoisotopic (exact) mass is 220 g/mol. The van der Waals surface area contributed by atoms with Crippen molar-refractivity contribution in [3.63, 3.8) is 0 Å². The first-order chi connectivity index (χ1) is 6.94. The summed E-state index contributed by atoms with van der Waals surface area (Å²) in [6.45, 7) is 1.62. The van der Waals surface area contributed by atoms with Gasteiger partial charge in [0.1, 0.15) is 0 Å². The maximum atomic E-state index is 11.1. The smallest absolute Gasteiger partial charge is 0.385 e. The standard InChI is InChI=1S/C8H16N2O5/c1-4-6(10-2)5(11)3-8(13,14-4)7(12)15-9/h4-6,10-11,13H,3,9H2,1-2H3. The fourth-order valence-corrected chi connectivity index (χ4v) is 1.80. The summed E-state index contributed by atoms with van der Waals surface area (Å²) in [4.78, 5) is 15.0. The van der Waals surface area contributed by atoms with E-state index in [0.717, 1.165) is 0 Å². The molecule has 0 aliphatic carbocycles. The summed E-state index contributed by atoms with van der Waals surface area (Å²) in [6.07, 6.45) is -1.73. The molecular formula is C8H16N2O5. The van der Waals surface area contributed by atoms with Crippen LogP contribution >= 0.6 is 0 Å². The summed E-state index contributed by atoms with van der Waals surface area (Å²) in [5.41, 5.74) is 0. The highest BCUT2D eigenvalue weighted by molar-refractivity contribution is 5.77. The molecule has 0 aromatic heterocycles. The van der Waals surface area contributed by atoms with Gasteiger partial charge < -0.3 is 25.1 Å². The predicted molar refractivity (Wildman–Crippen MR) is 49.2 cm³/mol. The van der Waals surface area contributed by atoms with Crippen LogP contribution in [0.3, 0.4) is 0 Å². The molecule has 0 aromatic rings. The van der Waals surface area contributed by atoms with Crippen molar-refractivity contribution in [3.8, 4) is 0 Å². The fourth-order valence-electron chi connectivity index (χ4n) is 1.80. The highest BCUT2D eigenvalue weighted by Gasteiger charge is 2.49. The molecule has 7 nitrogen and oxygen atoms in total. The van der Waals surface area contributed by atoms with Gasteiger partial charge in [-0.2, -0.15) is 5.90 Å². The van der Waals surface area contributed by atoms with Crippen LogP contribution in [0.2, 0.25) is 0 Å². The zero-order valence-corrected chi connectivity index (χ0v) is 8.64. The van der Waals surface area contributed by atoms with Gasteiger partial charge in [-0.15, -0.1) is 0 Å². The maximum absolute atomic E-state index is 11.1. The predicted octanol–water partition coefficient (Wildman–Crippen LogP) is -2.15. The summed E-state index contributed by atoms with van der Waals surface area (Å²) in [6, 6.07) is -0.351. The van der Waals surface area contributed by atoms with Crippen molar-refractivity contribution in [1.29, 1.82) is 0 Å². The Kier molecular flexibility index (Phi) is 3.63. The van der Waals surface area contributed by atoms with E-state index in [1.807, 2.05) is 0 Å². The quantitative estimate of drug-likeness (QED) is 0.392. The second-order valence-corrected chi connectivity index (χ2v) is 3.60. The first kappa shape index (κ1) is 12.3. The molecule has 4 atom stereocenters. The van der Waals surface area contributed by atoms with Gasteiger partial charge in [-0.05, 0) is 14.0 Å². The van der Waals surface area contributed by atoms with Gasteiger partial charge in [0.2, 0.25) is 0 Å². The third-order valence-corrected chi connectivity index (χ3v) is 2.55. The van der Waals surface area contributed by atoms with E-state index in [1.54, 1.807) is 14.0 Å². The molecule has 0 amide bonds. The lowest BCUT2D eigenvalue weighted by atomic mass is 9.94. The van der Waals surface area contributed by atoms with Crippen LogP contribution < -0.4 is 11.2 Å². The molecule has 1 aliphatic rings. The number of nitrogens with two attached hydrogens (primary N) is 1. The molecule has 5 N–H and O–H groups in total.